The molecule has 0 N–H and O–H groups in total. The van der Waals surface area contributed by atoms with Crippen LogP contribution in [0.15, 0.2) is 0 Å². The summed E-state index contributed by atoms with van der Waals surface area (Å²) in [7, 11) is 3.86. The van der Waals surface area contributed by atoms with Gasteiger partial charge in [0.15, 0.2) is 18.2 Å². The van der Waals surface area contributed by atoms with Gasteiger partial charge in [-0.15, -0.1) is 0 Å². The molecule has 0 aliphatic carbocycles. The largest absolute Gasteiger partial charge is 0.330 e. The summed E-state index contributed by atoms with van der Waals surface area (Å²) >= 11 is 3.96. The van der Waals surface area contributed by atoms with Crippen molar-refractivity contribution >= 4 is 40.5 Å². The Morgan fingerprint density at radius 1 is 1.00 bits per heavy atom. The lowest BCUT2D eigenvalue weighted by Gasteiger charge is -2.54. The Bertz CT molecular complexity index is 186. The quantitative estimate of drug-likeness (QED) is 0.475. The van der Waals surface area contributed by atoms with E-state index in [0.717, 1.165) is 0 Å². The van der Waals surface area contributed by atoms with Crippen molar-refractivity contribution < 1.29 is 0 Å². The van der Waals surface area contributed by atoms with E-state index >= 15 is 0 Å². The highest BCUT2D eigenvalue weighted by Gasteiger charge is 2.47. The van der Waals surface area contributed by atoms with Gasteiger partial charge >= 0.3 is 0 Å². The van der Waals surface area contributed by atoms with E-state index in [2.05, 4.69) is 68.8 Å². The normalized spacial score (nSPS) is 45.5. The van der Waals surface area contributed by atoms with Crippen molar-refractivity contribution in [1.82, 2.24) is 12.7 Å². The van der Waals surface area contributed by atoms with Crippen LogP contribution in [-0.2, 0) is 0 Å². The third kappa shape index (κ3) is 1.87. The van der Waals surface area contributed by atoms with Crippen LogP contribution in [0.1, 0.15) is 0 Å². The van der Waals surface area contributed by atoms with E-state index < -0.39 is 25.3 Å². The molecule has 0 bridgehead atoms. The molecule has 0 aromatic heterocycles. The van der Waals surface area contributed by atoms with Gasteiger partial charge in [-0.05, 0) is 40.8 Å². The molecule has 0 saturated carbocycles. The molecule has 1 aliphatic heterocycles. The van der Waals surface area contributed by atoms with Crippen LogP contribution in [0.4, 0.5) is 0 Å². The van der Waals surface area contributed by atoms with Crippen LogP contribution in [-0.4, -0.2) is 59.1 Å². The van der Waals surface area contributed by atoms with E-state index in [-0.39, 0.29) is 0 Å². The SMILES string of the molecule is CN1[SiH](C)N(C)[Si](C)(Br)N(C)[SiH]1C. The van der Waals surface area contributed by atoms with Gasteiger partial charge in [-0.3, -0.25) is 0 Å². The van der Waals surface area contributed by atoms with Gasteiger partial charge < -0.3 is 12.7 Å². The second-order valence-electron chi connectivity index (χ2n) is 4.06. The lowest BCUT2D eigenvalue weighted by Crippen LogP contribution is -2.76. The number of rotatable bonds is 0. The van der Waals surface area contributed by atoms with Crippen LogP contribution in [0.25, 0.3) is 0 Å². The van der Waals surface area contributed by atoms with Crippen molar-refractivity contribution in [1.29, 1.82) is 0 Å². The van der Waals surface area contributed by atoms with Gasteiger partial charge in [0, 0.05) is 0 Å². The fourth-order valence-corrected chi connectivity index (χ4v) is 21.3. The molecule has 0 amide bonds. The van der Waals surface area contributed by atoms with Gasteiger partial charge in [-0.1, -0.05) is 15.3 Å². The topological polar surface area (TPSA) is 9.72 Å². The summed E-state index contributed by atoms with van der Waals surface area (Å²) in [6.45, 7) is 7.26. The van der Waals surface area contributed by atoms with Gasteiger partial charge in [0.2, 0.25) is 0 Å². The zero-order chi connectivity index (χ0) is 10.4. The second-order valence-corrected chi connectivity index (χ2v) is 19.1. The molecule has 0 aromatic carbocycles. The maximum atomic E-state index is 3.96. The van der Waals surface area contributed by atoms with Gasteiger partial charge in [-0.2, -0.15) is 0 Å². The molecule has 78 valence electrons. The summed E-state index contributed by atoms with van der Waals surface area (Å²) in [5.41, 5.74) is 0. The lowest BCUT2D eigenvalue weighted by molar-refractivity contribution is 0.540. The smallest absolute Gasteiger partial charge is 0.265 e. The summed E-state index contributed by atoms with van der Waals surface area (Å²) in [5.74, 6) is 0. The lowest BCUT2D eigenvalue weighted by atomic mass is 11.6. The third-order valence-electron chi connectivity index (χ3n) is 3.59. The Morgan fingerprint density at radius 2 is 1.31 bits per heavy atom. The van der Waals surface area contributed by atoms with Crippen molar-refractivity contribution in [3.63, 3.8) is 0 Å². The molecule has 2 unspecified atom stereocenters. The molecule has 2 atom stereocenters. The first-order chi connectivity index (χ1) is 5.80. The van der Waals surface area contributed by atoms with E-state index in [1.807, 2.05) is 0 Å². The zero-order valence-electron chi connectivity index (χ0n) is 9.37. The molecule has 0 radical (unpaired) electrons. The first-order valence-electron chi connectivity index (χ1n) is 4.67. The van der Waals surface area contributed by atoms with Crippen molar-refractivity contribution in [2.75, 3.05) is 21.1 Å². The van der Waals surface area contributed by atoms with Gasteiger partial charge in [-0.25, -0.2) is 0 Å². The Hall–Kier alpha value is 1.01. The van der Waals surface area contributed by atoms with Crippen LogP contribution in [0.3, 0.4) is 0 Å². The van der Waals surface area contributed by atoms with Crippen LogP contribution in [0.2, 0.25) is 19.6 Å². The van der Waals surface area contributed by atoms with Crippen LogP contribution >= 0.6 is 15.3 Å². The van der Waals surface area contributed by atoms with Crippen LogP contribution in [0.5, 0.6) is 0 Å². The molecule has 1 aliphatic rings. The molecule has 1 fully saturated rings. The van der Waals surface area contributed by atoms with E-state index in [9.17, 15) is 0 Å². The predicted octanol–water partition coefficient (Wildman–Crippen LogP) is 0.460. The highest BCUT2D eigenvalue weighted by Crippen LogP contribution is 2.27. The molecule has 3 nitrogen and oxygen atoms in total. The summed E-state index contributed by atoms with van der Waals surface area (Å²) in [6.07, 6.45) is 0. The van der Waals surface area contributed by atoms with E-state index in [1.54, 1.807) is 0 Å². The molecule has 1 saturated heterocycles. The molecule has 1 rings (SSSR count). The molecular weight excluding hydrogens is 278 g/mol. The first-order valence-corrected chi connectivity index (χ1v) is 13.7. The number of nitrogens with zero attached hydrogens (tertiary/aromatic N) is 3. The zero-order valence-corrected chi connectivity index (χ0v) is 14.3. The Kier molecular flexibility index (Phi) is 3.60. The summed E-state index contributed by atoms with van der Waals surface area (Å²) < 4.78 is 7.91. The second kappa shape index (κ2) is 3.87. The maximum Gasteiger partial charge on any atom is 0.265 e. The molecule has 13 heavy (non-hydrogen) atoms. The number of hydrogen-bond donors (Lipinski definition) is 0. The fourth-order valence-electron chi connectivity index (χ4n) is 1.79. The summed E-state index contributed by atoms with van der Waals surface area (Å²) in [4.78, 5) is 0. The molecule has 1 heterocycles. The highest BCUT2D eigenvalue weighted by molar-refractivity contribution is 9.25. The maximum absolute atomic E-state index is 3.96. The number of halogens is 1. The Morgan fingerprint density at radius 3 is 1.62 bits per heavy atom. The van der Waals surface area contributed by atoms with E-state index in [4.69, 9.17) is 0 Å². The highest BCUT2D eigenvalue weighted by atomic mass is 79.9. The van der Waals surface area contributed by atoms with Crippen molar-refractivity contribution in [2.45, 2.75) is 19.6 Å². The molecule has 7 heteroatoms. The van der Waals surface area contributed by atoms with Crippen LogP contribution < -0.4 is 0 Å². The van der Waals surface area contributed by atoms with Crippen molar-refractivity contribution in [2.24, 2.45) is 0 Å². The monoisotopic (exact) mass is 297 g/mol. The average molecular weight is 298 g/mol. The third-order valence-corrected chi connectivity index (χ3v) is 24.2. The first kappa shape index (κ1) is 12.1. The van der Waals surface area contributed by atoms with Crippen molar-refractivity contribution in [3.8, 4) is 0 Å². The summed E-state index contributed by atoms with van der Waals surface area (Å²) in [6, 6.07) is 0. The fraction of sp³-hybridized carbons (Fsp3) is 1.00. The Labute approximate surface area is 94.0 Å². The van der Waals surface area contributed by atoms with Crippen molar-refractivity contribution in [3.05, 3.63) is 0 Å². The van der Waals surface area contributed by atoms with Gasteiger partial charge in [0.05, 0.1) is 0 Å². The molecule has 0 aromatic rings. The van der Waals surface area contributed by atoms with Gasteiger partial charge in [0.25, 0.3) is 7.02 Å². The van der Waals surface area contributed by atoms with Crippen LogP contribution in [0, 0.1) is 0 Å². The molecule has 0 spiro atoms. The average Bonchev–Trinajstić information content (AvgIpc) is 2.09. The minimum atomic E-state index is -1.40. The van der Waals surface area contributed by atoms with Gasteiger partial charge in [0.1, 0.15) is 0 Å². The van der Waals surface area contributed by atoms with E-state index in [1.165, 1.54) is 0 Å². The molecular formula is C6H20BrN3Si3. The van der Waals surface area contributed by atoms with E-state index in [0.29, 0.717) is 0 Å². The summed E-state index contributed by atoms with van der Waals surface area (Å²) in [5, 5.41) is 0. The minimum Gasteiger partial charge on any atom is -0.330 e. The minimum absolute atomic E-state index is 0.803. The predicted molar refractivity (Wildman–Crippen MR) is 69.9 cm³/mol. The standard InChI is InChI=1S/C6H20BrN3Si3/c1-8-11(4)9(2)13(6,7)10(3)12(8)5/h11-12H,1-6H3. The Balaban J connectivity index is 2.93. The number of hydrogen-bond acceptors (Lipinski definition) is 3.